The lowest BCUT2D eigenvalue weighted by atomic mass is 9.94. The van der Waals surface area contributed by atoms with Gasteiger partial charge in [-0.25, -0.2) is 8.42 Å². The molecule has 0 spiro atoms. The Morgan fingerprint density at radius 3 is 2.67 bits per heavy atom. The second-order valence-electron chi connectivity index (χ2n) is 4.58. The maximum atomic E-state index is 11.9. The van der Waals surface area contributed by atoms with Gasteiger partial charge in [-0.15, -0.1) is 0 Å². The van der Waals surface area contributed by atoms with Gasteiger partial charge < -0.3 is 5.11 Å². The van der Waals surface area contributed by atoms with Crippen molar-refractivity contribution < 1.29 is 18.3 Å². The van der Waals surface area contributed by atoms with Crippen molar-refractivity contribution >= 4 is 21.4 Å². The van der Waals surface area contributed by atoms with Crippen LogP contribution in [-0.4, -0.2) is 19.5 Å². The van der Waals surface area contributed by atoms with Crippen molar-refractivity contribution in [2.75, 3.05) is 0 Å². The van der Waals surface area contributed by atoms with Crippen molar-refractivity contribution in [2.45, 2.75) is 25.2 Å². The van der Waals surface area contributed by atoms with Crippen LogP contribution in [-0.2, 0) is 14.6 Å². The van der Waals surface area contributed by atoms with Crippen LogP contribution >= 0.6 is 0 Å². The number of carbonyl (C=O) groups is 1. The minimum atomic E-state index is -3.40. The summed E-state index contributed by atoms with van der Waals surface area (Å²) in [7, 11) is -3.40. The first-order valence-corrected chi connectivity index (χ1v) is 7.16. The number of benzene rings is 1. The molecule has 0 aromatic heterocycles. The number of aliphatic carboxylic acids is 1. The van der Waals surface area contributed by atoms with Gasteiger partial charge in [-0.2, -0.15) is 0 Å². The normalized spacial score (nSPS) is 18.0. The molecule has 96 valence electrons. The van der Waals surface area contributed by atoms with Crippen LogP contribution in [0.4, 0.5) is 0 Å². The Morgan fingerprint density at radius 1 is 1.39 bits per heavy atom. The topological polar surface area (TPSA) is 71.4 Å². The summed E-state index contributed by atoms with van der Waals surface area (Å²) in [6, 6.07) is 5.09. The van der Waals surface area contributed by atoms with Crippen molar-refractivity contribution in [2.24, 2.45) is 5.92 Å². The summed E-state index contributed by atoms with van der Waals surface area (Å²) < 4.78 is 23.9. The maximum absolute atomic E-state index is 11.9. The van der Waals surface area contributed by atoms with Gasteiger partial charge >= 0.3 is 5.97 Å². The predicted molar refractivity (Wildman–Crippen MR) is 67.8 cm³/mol. The van der Waals surface area contributed by atoms with Gasteiger partial charge in [-0.1, -0.05) is 19.1 Å². The molecule has 1 aromatic carbocycles. The number of aryl methyl sites for hydroxylation is 1. The number of carboxylic acid groups (broad SMARTS) is 1. The molecule has 1 N–H and O–H groups in total. The van der Waals surface area contributed by atoms with Gasteiger partial charge in [0.25, 0.3) is 0 Å². The van der Waals surface area contributed by atoms with Crippen molar-refractivity contribution in [1.82, 2.24) is 0 Å². The lowest BCUT2D eigenvalue weighted by Gasteiger charge is -2.10. The Balaban J connectivity index is 2.51. The summed E-state index contributed by atoms with van der Waals surface area (Å²) in [5.74, 6) is -1.52. The molecule has 4 nitrogen and oxygen atoms in total. The predicted octanol–water partition coefficient (Wildman–Crippen LogP) is 2.23. The number of hydrogen-bond donors (Lipinski definition) is 1. The third kappa shape index (κ3) is 2.06. The lowest BCUT2D eigenvalue weighted by molar-refractivity contribution is -0.140. The van der Waals surface area contributed by atoms with E-state index in [0.717, 1.165) is 5.56 Å². The highest BCUT2D eigenvalue weighted by atomic mass is 32.2. The molecule has 1 aliphatic heterocycles. The number of allylic oxidation sites excluding steroid dienone is 1. The first-order chi connectivity index (χ1) is 8.33. The molecule has 1 aromatic rings. The monoisotopic (exact) mass is 266 g/mol. The zero-order chi connectivity index (χ0) is 13.5. The average molecular weight is 266 g/mol. The minimum Gasteiger partial charge on any atom is -0.481 e. The van der Waals surface area contributed by atoms with E-state index in [9.17, 15) is 13.2 Å². The highest BCUT2D eigenvalue weighted by molar-refractivity contribution is 7.95. The fourth-order valence-corrected chi connectivity index (χ4v) is 3.73. The first kappa shape index (κ1) is 12.8. The van der Waals surface area contributed by atoms with Crippen LogP contribution in [0.5, 0.6) is 0 Å². The molecule has 0 bridgehead atoms. The number of rotatable bonds is 3. The number of sulfone groups is 1. The zero-order valence-electron chi connectivity index (χ0n) is 10.2. The fraction of sp³-hybridized carbons (Fsp3) is 0.308. The lowest BCUT2D eigenvalue weighted by Crippen LogP contribution is -2.09. The van der Waals surface area contributed by atoms with E-state index in [1.54, 1.807) is 19.1 Å². The second kappa shape index (κ2) is 4.24. The Kier molecular flexibility index (Phi) is 3.02. The van der Waals surface area contributed by atoms with Crippen molar-refractivity contribution in [1.29, 1.82) is 0 Å². The van der Waals surface area contributed by atoms with Gasteiger partial charge in [0.1, 0.15) is 0 Å². The highest BCUT2D eigenvalue weighted by Crippen LogP contribution is 2.38. The smallest absolute Gasteiger partial charge is 0.306 e. The quantitative estimate of drug-likeness (QED) is 0.910. The van der Waals surface area contributed by atoms with Crippen molar-refractivity contribution in [3.8, 4) is 0 Å². The van der Waals surface area contributed by atoms with E-state index in [2.05, 4.69) is 0 Å². The average Bonchev–Trinajstić information content (AvgIpc) is 2.51. The third-order valence-electron chi connectivity index (χ3n) is 3.11. The molecule has 0 radical (unpaired) electrons. The SMILES string of the molecule is Cc1cccc2c1C(CC(C)C(=O)O)=CS2(=O)=O. The van der Waals surface area contributed by atoms with Crippen LogP contribution in [0.2, 0.25) is 0 Å². The van der Waals surface area contributed by atoms with Crippen LogP contribution in [0, 0.1) is 12.8 Å². The van der Waals surface area contributed by atoms with Gasteiger partial charge in [0, 0.05) is 11.0 Å². The molecule has 5 heteroatoms. The number of carboxylic acids is 1. The highest BCUT2D eigenvalue weighted by Gasteiger charge is 2.29. The maximum Gasteiger partial charge on any atom is 0.306 e. The molecule has 1 unspecified atom stereocenters. The summed E-state index contributed by atoms with van der Waals surface area (Å²) in [6.07, 6.45) is 0.229. The van der Waals surface area contributed by atoms with Gasteiger partial charge in [0.15, 0.2) is 0 Å². The van der Waals surface area contributed by atoms with Gasteiger partial charge in [0.2, 0.25) is 9.84 Å². The fourth-order valence-electron chi connectivity index (χ4n) is 2.17. The van der Waals surface area contributed by atoms with Crippen LogP contribution in [0.3, 0.4) is 0 Å². The summed E-state index contributed by atoms with van der Waals surface area (Å²) in [4.78, 5) is 11.2. The van der Waals surface area contributed by atoms with E-state index < -0.39 is 21.7 Å². The molecule has 0 aliphatic carbocycles. The number of hydrogen-bond acceptors (Lipinski definition) is 3. The van der Waals surface area contributed by atoms with Gasteiger partial charge in [-0.3, -0.25) is 4.79 Å². The Bertz CT molecular complexity index is 641. The Hall–Kier alpha value is -1.62. The van der Waals surface area contributed by atoms with E-state index >= 15 is 0 Å². The van der Waals surface area contributed by atoms with E-state index in [1.807, 2.05) is 13.0 Å². The molecule has 0 fully saturated rings. The van der Waals surface area contributed by atoms with Gasteiger partial charge in [-0.05, 0) is 30.5 Å². The third-order valence-corrected chi connectivity index (χ3v) is 4.66. The molecule has 1 heterocycles. The molecule has 1 aliphatic rings. The van der Waals surface area contributed by atoms with E-state index in [0.29, 0.717) is 11.1 Å². The summed E-state index contributed by atoms with van der Waals surface area (Å²) in [6.45, 7) is 3.41. The molecule has 0 amide bonds. The van der Waals surface area contributed by atoms with Crippen LogP contribution in [0.1, 0.15) is 24.5 Å². The van der Waals surface area contributed by atoms with E-state index in [1.165, 1.54) is 5.41 Å². The molecular weight excluding hydrogens is 252 g/mol. The first-order valence-electron chi connectivity index (χ1n) is 5.61. The van der Waals surface area contributed by atoms with Crippen LogP contribution < -0.4 is 0 Å². The molecule has 0 saturated heterocycles. The largest absolute Gasteiger partial charge is 0.481 e. The molecule has 18 heavy (non-hydrogen) atoms. The molecular formula is C13H14O4S. The Morgan fingerprint density at radius 2 is 2.06 bits per heavy atom. The van der Waals surface area contributed by atoms with Crippen molar-refractivity contribution in [3.63, 3.8) is 0 Å². The molecule has 1 atom stereocenters. The molecule has 2 rings (SSSR count). The van der Waals surface area contributed by atoms with Gasteiger partial charge in [0.05, 0.1) is 10.8 Å². The van der Waals surface area contributed by atoms with Crippen LogP contribution in [0.15, 0.2) is 28.5 Å². The molecule has 0 saturated carbocycles. The van der Waals surface area contributed by atoms with Crippen molar-refractivity contribution in [3.05, 3.63) is 34.7 Å². The standard InChI is InChI=1S/C13H14O4S/c1-8-4-3-5-11-12(8)10(7-18(11,16)17)6-9(2)13(14)15/h3-5,7,9H,6H2,1-2H3,(H,14,15). The summed E-state index contributed by atoms with van der Waals surface area (Å²) in [5, 5.41) is 10.1. The zero-order valence-corrected chi connectivity index (χ0v) is 11.0. The van der Waals surface area contributed by atoms with E-state index in [4.69, 9.17) is 5.11 Å². The second-order valence-corrected chi connectivity index (χ2v) is 6.35. The summed E-state index contributed by atoms with van der Waals surface area (Å²) in [5.41, 5.74) is 2.13. The summed E-state index contributed by atoms with van der Waals surface area (Å²) >= 11 is 0. The van der Waals surface area contributed by atoms with Crippen LogP contribution in [0.25, 0.3) is 5.57 Å². The Labute approximate surface area is 106 Å². The number of fused-ring (bicyclic) bond motifs is 1. The van der Waals surface area contributed by atoms with E-state index in [-0.39, 0.29) is 11.3 Å². The minimum absolute atomic E-state index is 0.229.